The second kappa shape index (κ2) is 6.99. The number of para-hydroxylation sites is 1. The van der Waals surface area contributed by atoms with Gasteiger partial charge in [0.05, 0.1) is 16.3 Å². The molecule has 0 N–H and O–H groups in total. The molecular weight excluding hydrogens is 392 g/mol. The maximum absolute atomic E-state index is 12.9. The molecule has 3 heterocycles. The zero-order chi connectivity index (χ0) is 19.0. The Morgan fingerprint density at radius 1 is 1.11 bits per heavy atom. The third kappa shape index (κ3) is 3.45. The number of rotatable bonds is 4. The number of hydrogen-bond acceptors (Lipinski definition) is 7. The van der Waals surface area contributed by atoms with E-state index in [2.05, 4.69) is 15.1 Å². The Morgan fingerprint density at radius 3 is 2.52 bits per heavy atom. The second-order valence-electron chi connectivity index (χ2n) is 6.12. The van der Waals surface area contributed by atoms with Crippen LogP contribution in [0.25, 0.3) is 11.5 Å². The molecule has 8 nitrogen and oxygen atoms in total. The molecule has 0 atom stereocenters. The van der Waals surface area contributed by atoms with E-state index in [1.54, 1.807) is 6.92 Å². The Labute approximate surface area is 161 Å². The number of aromatic nitrogens is 2. The molecule has 0 radical (unpaired) electrons. The predicted octanol–water partition coefficient (Wildman–Crippen LogP) is 2.80. The summed E-state index contributed by atoms with van der Waals surface area (Å²) in [5.41, 5.74) is 1.34. The van der Waals surface area contributed by atoms with E-state index >= 15 is 0 Å². The van der Waals surface area contributed by atoms with E-state index in [-0.39, 0.29) is 11.0 Å². The van der Waals surface area contributed by atoms with Gasteiger partial charge in [-0.25, -0.2) is 8.42 Å². The summed E-state index contributed by atoms with van der Waals surface area (Å²) in [6, 6.07) is 8.93. The van der Waals surface area contributed by atoms with Crippen LogP contribution in [0, 0.1) is 6.92 Å². The highest BCUT2D eigenvalue weighted by Crippen LogP contribution is 2.29. The van der Waals surface area contributed by atoms with Gasteiger partial charge in [0.15, 0.2) is 0 Å². The number of nitrogens with zero attached hydrogens (tertiary/aromatic N) is 4. The van der Waals surface area contributed by atoms with E-state index in [1.807, 2.05) is 24.3 Å². The molecule has 10 heteroatoms. The maximum Gasteiger partial charge on any atom is 0.276 e. The first kappa shape index (κ1) is 18.0. The Hall–Kier alpha value is -2.36. The van der Waals surface area contributed by atoms with Crippen molar-refractivity contribution < 1.29 is 17.3 Å². The minimum Gasteiger partial charge on any atom is -0.451 e. The van der Waals surface area contributed by atoms with Gasteiger partial charge in [-0.3, -0.25) is 0 Å². The first-order valence-electron chi connectivity index (χ1n) is 8.34. The van der Waals surface area contributed by atoms with Crippen LogP contribution in [0.3, 0.4) is 0 Å². The van der Waals surface area contributed by atoms with Crippen molar-refractivity contribution in [1.82, 2.24) is 14.5 Å². The number of anilines is 1. The summed E-state index contributed by atoms with van der Waals surface area (Å²) in [5.74, 6) is 0.618. The lowest BCUT2D eigenvalue weighted by atomic mass is 10.2. The molecule has 3 aromatic rings. The summed E-state index contributed by atoms with van der Waals surface area (Å²) in [4.78, 5) is 2.07. The van der Waals surface area contributed by atoms with Gasteiger partial charge in [0.1, 0.15) is 6.26 Å². The molecule has 1 saturated heterocycles. The molecule has 2 aromatic heterocycles. The zero-order valence-electron chi connectivity index (χ0n) is 14.5. The smallest absolute Gasteiger partial charge is 0.276 e. The number of benzene rings is 1. The van der Waals surface area contributed by atoms with E-state index < -0.39 is 10.0 Å². The Balaban J connectivity index is 1.49. The van der Waals surface area contributed by atoms with Crippen molar-refractivity contribution in [1.29, 1.82) is 0 Å². The highest BCUT2D eigenvalue weighted by atomic mass is 35.5. The van der Waals surface area contributed by atoms with Gasteiger partial charge in [-0.15, -0.1) is 10.2 Å². The van der Waals surface area contributed by atoms with E-state index in [0.717, 1.165) is 5.69 Å². The minimum atomic E-state index is -3.74. The topological polar surface area (TPSA) is 92.7 Å². The fourth-order valence-electron chi connectivity index (χ4n) is 2.98. The lowest BCUT2D eigenvalue weighted by molar-refractivity contribution is 0.362. The Bertz CT molecular complexity index is 1050. The standard InChI is InChI=1S/C17H17ClN4O4S/c1-12-19-20-17(26-12)13-10-16(25-11-13)27(23,24)22-8-6-21(7-9-22)15-5-3-2-4-14(15)18/h2-5,10-11H,6-9H2,1H3. The van der Waals surface area contributed by atoms with Gasteiger partial charge < -0.3 is 13.7 Å². The lowest BCUT2D eigenvalue weighted by Gasteiger charge is -2.35. The van der Waals surface area contributed by atoms with Crippen molar-refractivity contribution in [2.75, 3.05) is 31.1 Å². The van der Waals surface area contributed by atoms with Crippen LogP contribution >= 0.6 is 11.6 Å². The van der Waals surface area contributed by atoms with Crippen molar-refractivity contribution in [2.24, 2.45) is 0 Å². The van der Waals surface area contributed by atoms with E-state index in [9.17, 15) is 8.42 Å². The number of furan rings is 1. The molecule has 0 bridgehead atoms. The van der Waals surface area contributed by atoms with Crippen LogP contribution in [0.4, 0.5) is 5.69 Å². The van der Waals surface area contributed by atoms with E-state index in [1.165, 1.54) is 16.6 Å². The van der Waals surface area contributed by atoms with Crippen molar-refractivity contribution in [3.05, 3.63) is 47.5 Å². The second-order valence-corrected chi connectivity index (χ2v) is 8.40. The highest BCUT2D eigenvalue weighted by Gasteiger charge is 2.32. The quantitative estimate of drug-likeness (QED) is 0.655. The van der Waals surface area contributed by atoms with Crippen LogP contribution in [0.15, 0.2) is 50.5 Å². The van der Waals surface area contributed by atoms with Crippen molar-refractivity contribution in [2.45, 2.75) is 12.0 Å². The van der Waals surface area contributed by atoms with Gasteiger partial charge in [0.25, 0.3) is 15.9 Å². The van der Waals surface area contributed by atoms with Crippen LogP contribution < -0.4 is 4.90 Å². The zero-order valence-corrected chi connectivity index (χ0v) is 16.1. The summed E-state index contributed by atoms with van der Waals surface area (Å²) in [6.07, 6.45) is 1.31. The molecule has 1 fully saturated rings. The van der Waals surface area contributed by atoms with Crippen molar-refractivity contribution in [3.8, 4) is 11.5 Å². The third-order valence-corrected chi connectivity index (χ3v) is 6.46. The monoisotopic (exact) mass is 408 g/mol. The molecule has 0 saturated carbocycles. The Kier molecular flexibility index (Phi) is 4.67. The summed E-state index contributed by atoms with van der Waals surface area (Å²) in [5, 5.41) is 8.12. The van der Waals surface area contributed by atoms with Gasteiger partial charge in [0, 0.05) is 39.2 Å². The van der Waals surface area contributed by atoms with Crippen LogP contribution in [-0.2, 0) is 10.0 Å². The third-order valence-electron chi connectivity index (χ3n) is 4.37. The molecule has 1 aliphatic rings. The fourth-order valence-corrected chi connectivity index (χ4v) is 4.58. The Morgan fingerprint density at radius 2 is 1.85 bits per heavy atom. The van der Waals surface area contributed by atoms with Crippen molar-refractivity contribution >= 4 is 27.3 Å². The minimum absolute atomic E-state index is 0.139. The first-order valence-corrected chi connectivity index (χ1v) is 10.2. The fraction of sp³-hybridized carbons (Fsp3) is 0.294. The number of piperazine rings is 1. The van der Waals surface area contributed by atoms with Gasteiger partial charge in [0.2, 0.25) is 11.0 Å². The van der Waals surface area contributed by atoms with Crippen LogP contribution in [0.5, 0.6) is 0 Å². The average Bonchev–Trinajstić information content (AvgIpc) is 3.32. The van der Waals surface area contributed by atoms with E-state index in [0.29, 0.717) is 42.7 Å². The molecule has 142 valence electrons. The van der Waals surface area contributed by atoms with Gasteiger partial charge in [-0.05, 0) is 12.1 Å². The number of sulfonamides is 1. The molecule has 0 amide bonds. The number of aryl methyl sites for hydroxylation is 1. The first-order chi connectivity index (χ1) is 12.9. The maximum atomic E-state index is 12.9. The lowest BCUT2D eigenvalue weighted by Crippen LogP contribution is -2.48. The van der Waals surface area contributed by atoms with Crippen LogP contribution in [0.1, 0.15) is 5.89 Å². The summed E-state index contributed by atoms with van der Waals surface area (Å²) in [6.45, 7) is 3.41. The molecule has 0 aliphatic carbocycles. The molecule has 1 aliphatic heterocycles. The van der Waals surface area contributed by atoms with Crippen molar-refractivity contribution in [3.63, 3.8) is 0 Å². The molecule has 1 aromatic carbocycles. The molecular formula is C17H17ClN4O4S. The molecule has 4 rings (SSSR count). The van der Waals surface area contributed by atoms with Gasteiger partial charge >= 0.3 is 0 Å². The summed E-state index contributed by atoms with van der Waals surface area (Å²) < 4.78 is 37.7. The molecule has 27 heavy (non-hydrogen) atoms. The summed E-state index contributed by atoms with van der Waals surface area (Å²) in [7, 11) is -3.74. The van der Waals surface area contributed by atoms with Gasteiger partial charge in [-0.2, -0.15) is 4.31 Å². The average molecular weight is 409 g/mol. The normalized spacial score (nSPS) is 16.0. The van der Waals surface area contributed by atoms with E-state index in [4.69, 9.17) is 20.4 Å². The SMILES string of the molecule is Cc1nnc(-c2coc(S(=O)(=O)N3CCN(c4ccccc4Cl)CC3)c2)o1. The predicted molar refractivity (Wildman–Crippen MR) is 99.2 cm³/mol. The van der Waals surface area contributed by atoms with Crippen LogP contribution in [0.2, 0.25) is 5.02 Å². The number of halogens is 1. The summed E-state index contributed by atoms with van der Waals surface area (Å²) >= 11 is 6.23. The number of hydrogen-bond donors (Lipinski definition) is 0. The molecule has 0 spiro atoms. The molecule has 0 unspecified atom stereocenters. The van der Waals surface area contributed by atoms with Crippen LogP contribution in [-0.4, -0.2) is 49.1 Å². The largest absolute Gasteiger partial charge is 0.451 e. The van der Waals surface area contributed by atoms with Gasteiger partial charge in [-0.1, -0.05) is 23.7 Å². The highest BCUT2D eigenvalue weighted by molar-refractivity contribution is 7.89.